The van der Waals surface area contributed by atoms with E-state index in [9.17, 15) is 0 Å². The van der Waals surface area contributed by atoms with Crippen molar-refractivity contribution in [2.75, 3.05) is 0 Å². The first-order chi connectivity index (χ1) is 32.9. The van der Waals surface area contributed by atoms with Crippen molar-refractivity contribution in [1.82, 2.24) is 0 Å². The van der Waals surface area contributed by atoms with Crippen LogP contribution in [0.25, 0.3) is 0 Å². The van der Waals surface area contributed by atoms with Crippen LogP contribution in [-0.4, -0.2) is 0 Å². The van der Waals surface area contributed by atoms with Crippen molar-refractivity contribution in [2.45, 2.75) is 51.4 Å². The summed E-state index contributed by atoms with van der Waals surface area (Å²) in [4.78, 5) is 2.54. The van der Waals surface area contributed by atoms with Crippen molar-refractivity contribution in [3.8, 4) is 0 Å². The van der Waals surface area contributed by atoms with Gasteiger partial charge in [-0.1, -0.05) is 174 Å². The topological polar surface area (TPSA) is 0 Å². The van der Waals surface area contributed by atoms with Crippen LogP contribution in [0, 0.1) is 27.7 Å². The quantitative estimate of drug-likeness (QED) is 0.158. The zero-order valence-corrected chi connectivity index (χ0v) is 38.9. The molecular weight excluding hydrogens is 825 g/mol. The Hall–Kier alpha value is -7.86. The Bertz CT molecular complexity index is 3610. The second-order valence-electron chi connectivity index (χ2n) is 18.4. The second kappa shape index (κ2) is 16.5. The van der Waals surface area contributed by atoms with Gasteiger partial charge in [0.25, 0.3) is 0 Å². The lowest BCUT2D eigenvalue weighted by molar-refractivity contribution is 0.956. The van der Waals surface area contributed by atoms with Gasteiger partial charge in [0.1, 0.15) is 0 Å². The van der Waals surface area contributed by atoms with Gasteiger partial charge >= 0.3 is 0 Å². The third-order valence-corrected chi connectivity index (χ3v) is 15.2. The highest BCUT2D eigenvalue weighted by Gasteiger charge is 2.42. The molecule has 1 aromatic heterocycles. The third kappa shape index (κ3) is 7.06. The summed E-state index contributed by atoms with van der Waals surface area (Å²) in [5.74, 6) is -0.643. The maximum Gasteiger partial charge on any atom is 0.0519 e. The molecular formula is C66H46S. The molecule has 0 fully saturated rings. The maximum absolute atomic E-state index is 4.26. The third-order valence-electron chi connectivity index (χ3n) is 14.0. The molecule has 67 heavy (non-hydrogen) atoms. The van der Waals surface area contributed by atoms with E-state index in [-0.39, 0.29) is 23.7 Å². The summed E-state index contributed by atoms with van der Waals surface area (Å²) >= 11 is 1.91. The fourth-order valence-electron chi connectivity index (χ4n) is 10.6. The zero-order chi connectivity index (χ0) is 45.2. The molecule has 12 rings (SSSR count). The van der Waals surface area contributed by atoms with Crippen molar-refractivity contribution in [3.63, 3.8) is 0 Å². The number of benzene rings is 4. The van der Waals surface area contributed by atoms with Crippen LogP contribution in [0.3, 0.4) is 0 Å². The van der Waals surface area contributed by atoms with E-state index >= 15 is 0 Å². The fourth-order valence-corrected chi connectivity index (χ4v) is 11.9. The predicted molar refractivity (Wildman–Crippen MR) is 276 cm³/mol. The Morgan fingerprint density at radius 3 is 0.940 bits per heavy atom. The van der Waals surface area contributed by atoms with Crippen molar-refractivity contribution in [3.05, 3.63) is 338 Å². The van der Waals surface area contributed by atoms with Crippen LogP contribution in [0.2, 0.25) is 0 Å². The minimum absolute atomic E-state index is 0.0926. The first-order valence-corrected chi connectivity index (χ1v) is 24.1. The number of fused-ring (bicyclic) bond motifs is 11. The summed E-state index contributed by atoms with van der Waals surface area (Å²) in [6.07, 6.45) is 25.8. The van der Waals surface area contributed by atoms with E-state index in [1.165, 1.54) is 54.3 Å². The summed E-state index contributed by atoms with van der Waals surface area (Å²) < 4.78 is 0. The average molecular weight is 871 g/mol. The average Bonchev–Trinajstić information content (AvgIpc) is 3.94. The monoisotopic (exact) mass is 870 g/mol. The van der Waals surface area contributed by atoms with Crippen molar-refractivity contribution in [1.29, 1.82) is 0 Å². The number of thiophene rings is 1. The van der Waals surface area contributed by atoms with Crippen LogP contribution in [0.4, 0.5) is 0 Å². The summed E-state index contributed by atoms with van der Waals surface area (Å²) in [7, 11) is 0. The first kappa shape index (κ1) is 40.6. The van der Waals surface area contributed by atoms with Gasteiger partial charge < -0.3 is 0 Å². The van der Waals surface area contributed by atoms with E-state index in [0.29, 0.717) is 0 Å². The van der Waals surface area contributed by atoms with Gasteiger partial charge in [-0.3, -0.25) is 0 Å². The number of allylic oxidation sites excluding steroid dienone is 18. The highest BCUT2D eigenvalue weighted by atomic mass is 32.1. The van der Waals surface area contributed by atoms with Gasteiger partial charge in [-0.2, -0.15) is 0 Å². The lowest BCUT2D eigenvalue weighted by Gasteiger charge is -2.23. The van der Waals surface area contributed by atoms with E-state index < -0.39 is 0 Å². The molecule has 0 amide bonds. The Kier molecular flexibility index (Phi) is 10.0. The van der Waals surface area contributed by atoms with Gasteiger partial charge in [0.2, 0.25) is 0 Å². The summed E-state index contributed by atoms with van der Waals surface area (Å²) in [5.41, 5.74) is 47.3. The Labute approximate surface area is 398 Å². The molecule has 5 aromatic rings. The van der Waals surface area contributed by atoms with Crippen LogP contribution in [0.1, 0.15) is 77.9 Å². The highest BCUT2D eigenvalue weighted by Crippen LogP contribution is 2.57. The van der Waals surface area contributed by atoms with Crippen LogP contribution >= 0.6 is 11.3 Å². The molecule has 0 unspecified atom stereocenters. The molecule has 6 aliphatic carbocycles. The molecule has 316 valence electrons. The minimum atomic E-state index is -0.224. The van der Waals surface area contributed by atoms with E-state index in [1.54, 1.807) is 0 Å². The molecule has 8 bridgehead atoms. The SMILES string of the molecule is Cc1ccc([C@@H]2C3=C=C(C4=CC=CC=C=C34)[C@H](c3ccc(C)cc3)c3ccc(s3)[C@H](c3ccc(C)cc3)C3=C=C(C4=CC=CC=C=C34)[C@@H](c3ccc(C)cc3)C3=C=C2C2=CC=CC=C=C32)cc1. The molecule has 0 saturated heterocycles. The molecule has 0 N–H and O–H groups in total. The molecule has 0 saturated carbocycles. The van der Waals surface area contributed by atoms with Gasteiger partial charge in [-0.25, -0.2) is 0 Å². The summed E-state index contributed by atoms with van der Waals surface area (Å²) in [5, 5.41) is 0. The van der Waals surface area contributed by atoms with Gasteiger partial charge in [0.05, 0.1) is 23.7 Å². The lowest BCUT2D eigenvalue weighted by Crippen LogP contribution is -2.10. The molecule has 0 spiro atoms. The Balaban J connectivity index is 1.26. The van der Waals surface area contributed by atoms with Gasteiger partial charge in [-0.05, 0) is 80.3 Å². The standard InChI is InChI=1S/C66H46S/c1-41-20-28-45(29-21-41)63-55-38-56(50-15-9-5-8-14-49(50)55)64(46-30-22-42(2)23-31-46)58-40-60(54-19-13-7-11-17-52(54)58)66(48-34-26-44(4)27-35-48)62-37-36-61(67-62)65(47-32-24-43(3)25-33-47)59-39-57(63)51-16-10-6-12-18-53(51)59/h5-14,17-18,20-37,63-66H,1-4H3/t63-,64-,65-,66+/m0/s1. The van der Waals surface area contributed by atoms with Crippen LogP contribution in [0.15, 0.2) is 283 Å². The molecule has 0 radical (unpaired) electrons. The van der Waals surface area contributed by atoms with Gasteiger partial charge in [-0.15, -0.1) is 45.7 Å². The molecule has 2 heterocycles. The lowest BCUT2D eigenvalue weighted by atomic mass is 9.77. The predicted octanol–water partition coefficient (Wildman–Crippen LogP) is 16.0. The molecule has 7 aliphatic rings. The first-order valence-electron chi connectivity index (χ1n) is 23.3. The maximum atomic E-state index is 4.26. The number of hydrogen-bond donors (Lipinski definition) is 0. The molecule has 1 heteroatoms. The van der Waals surface area contributed by atoms with Gasteiger partial charge in [0, 0.05) is 76.6 Å². The van der Waals surface area contributed by atoms with Crippen LogP contribution < -0.4 is 0 Å². The smallest absolute Gasteiger partial charge is 0.0519 e. The number of hydrogen-bond acceptors (Lipinski definition) is 1. The number of aryl methyl sites for hydroxylation is 4. The van der Waals surface area contributed by atoms with E-state index in [0.717, 1.165) is 66.9 Å². The van der Waals surface area contributed by atoms with Crippen molar-refractivity contribution >= 4 is 11.3 Å². The normalized spacial score (nSPS) is 21.6. The zero-order valence-electron chi connectivity index (χ0n) is 38.0. The Morgan fingerprint density at radius 1 is 0.313 bits per heavy atom. The Morgan fingerprint density at radius 2 is 0.597 bits per heavy atom. The number of rotatable bonds is 4. The molecule has 4 aromatic carbocycles. The molecule has 0 nitrogen and oxygen atoms in total. The largest absolute Gasteiger partial charge is 0.143 e. The van der Waals surface area contributed by atoms with Crippen LogP contribution in [-0.2, 0) is 0 Å². The van der Waals surface area contributed by atoms with Crippen molar-refractivity contribution < 1.29 is 0 Å². The highest BCUT2D eigenvalue weighted by molar-refractivity contribution is 7.12. The minimum Gasteiger partial charge on any atom is -0.143 e. The summed E-state index contributed by atoms with van der Waals surface area (Å²) in [6, 6.07) is 41.2. The van der Waals surface area contributed by atoms with E-state index in [4.69, 9.17) is 0 Å². The van der Waals surface area contributed by atoms with E-state index in [2.05, 4.69) is 244 Å². The molecule has 4 atom stereocenters. The van der Waals surface area contributed by atoms with E-state index in [1.807, 2.05) is 11.3 Å². The molecule has 1 aliphatic heterocycles. The van der Waals surface area contributed by atoms with Gasteiger partial charge in [0.15, 0.2) is 0 Å². The second-order valence-corrected chi connectivity index (χ2v) is 19.6. The summed E-state index contributed by atoms with van der Waals surface area (Å²) in [6.45, 7) is 8.67. The fraction of sp³-hybridized carbons (Fsp3) is 0.121. The van der Waals surface area contributed by atoms with Crippen LogP contribution in [0.5, 0.6) is 0 Å². The van der Waals surface area contributed by atoms with Crippen molar-refractivity contribution in [2.24, 2.45) is 0 Å².